The standard InChI is InChI=1S/C23H24N2O/c1-17(2)19-12-6-9-15-22(19)25-23(26)16-24-21-14-8-7-13-20(21)18-10-4-3-5-11-18/h3-15,17,24H,16H2,1-2H3,(H,25,26). The molecule has 0 aliphatic rings. The lowest BCUT2D eigenvalue weighted by Gasteiger charge is -2.15. The van der Waals surface area contributed by atoms with Gasteiger partial charge in [0.15, 0.2) is 0 Å². The van der Waals surface area contributed by atoms with E-state index in [-0.39, 0.29) is 12.5 Å². The van der Waals surface area contributed by atoms with E-state index in [2.05, 4.69) is 48.7 Å². The Labute approximate surface area is 155 Å². The Kier molecular flexibility index (Phi) is 5.69. The van der Waals surface area contributed by atoms with Crippen molar-refractivity contribution in [3.8, 4) is 11.1 Å². The third-order valence-corrected chi connectivity index (χ3v) is 4.31. The number of benzene rings is 3. The molecule has 0 aliphatic heterocycles. The highest BCUT2D eigenvalue weighted by Crippen LogP contribution is 2.27. The Hall–Kier alpha value is -3.07. The SMILES string of the molecule is CC(C)c1ccccc1NC(=O)CNc1ccccc1-c1ccccc1. The van der Waals surface area contributed by atoms with E-state index in [1.807, 2.05) is 54.6 Å². The Morgan fingerprint density at radius 2 is 1.42 bits per heavy atom. The van der Waals surface area contributed by atoms with Crippen LogP contribution in [0.2, 0.25) is 0 Å². The summed E-state index contributed by atoms with van der Waals surface area (Å²) in [5.74, 6) is 0.305. The summed E-state index contributed by atoms with van der Waals surface area (Å²) in [4.78, 5) is 12.4. The van der Waals surface area contributed by atoms with Crippen LogP contribution in [0.25, 0.3) is 11.1 Å². The molecule has 0 saturated heterocycles. The van der Waals surface area contributed by atoms with Crippen molar-refractivity contribution in [2.75, 3.05) is 17.2 Å². The molecule has 0 bridgehead atoms. The van der Waals surface area contributed by atoms with Gasteiger partial charge in [0.1, 0.15) is 0 Å². The molecule has 2 N–H and O–H groups in total. The minimum atomic E-state index is -0.0547. The Morgan fingerprint density at radius 3 is 2.15 bits per heavy atom. The number of carbonyl (C=O) groups is 1. The number of hydrogen-bond donors (Lipinski definition) is 2. The van der Waals surface area contributed by atoms with Gasteiger partial charge in [0.2, 0.25) is 5.91 Å². The molecule has 0 fully saturated rings. The van der Waals surface area contributed by atoms with Gasteiger partial charge in [0, 0.05) is 16.9 Å². The molecule has 1 amide bonds. The van der Waals surface area contributed by atoms with E-state index in [4.69, 9.17) is 0 Å². The molecule has 0 unspecified atom stereocenters. The largest absolute Gasteiger partial charge is 0.376 e. The number of hydrogen-bond acceptors (Lipinski definition) is 2. The first-order valence-electron chi connectivity index (χ1n) is 8.92. The molecular formula is C23H24N2O. The fraction of sp³-hybridized carbons (Fsp3) is 0.174. The highest BCUT2D eigenvalue weighted by atomic mass is 16.1. The van der Waals surface area contributed by atoms with Crippen molar-refractivity contribution >= 4 is 17.3 Å². The van der Waals surface area contributed by atoms with E-state index in [1.165, 1.54) is 0 Å². The maximum absolute atomic E-state index is 12.4. The quantitative estimate of drug-likeness (QED) is 0.617. The Morgan fingerprint density at radius 1 is 0.808 bits per heavy atom. The summed E-state index contributed by atoms with van der Waals surface area (Å²) < 4.78 is 0. The first-order valence-corrected chi connectivity index (χ1v) is 8.92. The predicted octanol–water partition coefficient (Wildman–Crippen LogP) is 5.53. The molecule has 132 valence electrons. The zero-order chi connectivity index (χ0) is 18.4. The van der Waals surface area contributed by atoms with Crippen LogP contribution in [0.1, 0.15) is 25.3 Å². The highest BCUT2D eigenvalue weighted by molar-refractivity contribution is 5.95. The molecule has 26 heavy (non-hydrogen) atoms. The monoisotopic (exact) mass is 344 g/mol. The summed E-state index contributed by atoms with van der Waals surface area (Å²) in [5, 5.41) is 6.29. The lowest BCUT2D eigenvalue weighted by molar-refractivity contribution is -0.114. The molecule has 0 heterocycles. The van der Waals surface area contributed by atoms with Gasteiger partial charge in [0.05, 0.1) is 6.54 Å². The van der Waals surface area contributed by atoms with Gasteiger partial charge in [-0.25, -0.2) is 0 Å². The van der Waals surface area contributed by atoms with Gasteiger partial charge in [-0.2, -0.15) is 0 Å². The van der Waals surface area contributed by atoms with E-state index in [0.29, 0.717) is 5.92 Å². The van der Waals surface area contributed by atoms with Crippen molar-refractivity contribution in [3.05, 3.63) is 84.4 Å². The van der Waals surface area contributed by atoms with Crippen LogP contribution in [0.5, 0.6) is 0 Å². The van der Waals surface area contributed by atoms with Crippen LogP contribution in [0.4, 0.5) is 11.4 Å². The van der Waals surface area contributed by atoms with Gasteiger partial charge < -0.3 is 10.6 Å². The third-order valence-electron chi connectivity index (χ3n) is 4.31. The molecule has 0 spiro atoms. The van der Waals surface area contributed by atoms with E-state index in [0.717, 1.165) is 28.1 Å². The van der Waals surface area contributed by atoms with E-state index >= 15 is 0 Å². The molecule has 3 nitrogen and oxygen atoms in total. The second-order valence-corrected chi connectivity index (χ2v) is 6.56. The van der Waals surface area contributed by atoms with Crippen molar-refractivity contribution < 1.29 is 4.79 Å². The minimum absolute atomic E-state index is 0.0547. The topological polar surface area (TPSA) is 41.1 Å². The summed E-state index contributed by atoms with van der Waals surface area (Å²) >= 11 is 0. The number of carbonyl (C=O) groups excluding carboxylic acids is 1. The summed E-state index contributed by atoms with van der Waals surface area (Å²) in [6.45, 7) is 4.47. The zero-order valence-electron chi connectivity index (χ0n) is 15.2. The van der Waals surface area contributed by atoms with Crippen LogP contribution >= 0.6 is 0 Å². The first-order chi connectivity index (χ1) is 12.6. The summed E-state index contributed by atoms with van der Waals surface area (Å²) in [5.41, 5.74) is 5.19. The van der Waals surface area contributed by atoms with Gasteiger partial charge in [-0.3, -0.25) is 4.79 Å². The Bertz CT molecular complexity index is 872. The van der Waals surface area contributed by atoms with Crippen LogP contribution in [-0.4, -0.2) is 12.5 Å². The summed E-state index contributed by atoms with van der Waals surface area (Å²) in [6.07, 6.45) is 0. The van der Waals surface area contributed by atoms with Gasteiger partial charge in [0.25, 0.3) is 0 Å². The number of amides is 1. The molecule has 0 atom stereocenters. The Balaban J connectivity index is 1.70. The average Bonchev–Trinajstić information content (AvgIpc) is 2.67. The van der Waals surface area contributed by atoms with Crippen LogP contribution in [0.15, 0.2) is 78.9 Å². The van der Waals surface area contributed by atoms with E-state index in [9.17, 15) is 4.79 Å². The van der Waals surface area contributed by atoms with E-state index in [1.54, 1.807) is 0 Å². The highest BCUT2D eigenvalue weighted by Gasteiger charge is 2.10. The zero-order valence-corrected chi connectivity index (χ0v) is 15.2. The van der Waals surface area contributed by atoms with Crippen molar-refractivity contribution in [1.29, 1.82) is 0 Å². The van der Waals surface area contributed by atoms with Crippen molar-refractivity contribution in [2.24, 2.45) is 0 Å². The summed E-state index contributed by atoms with van der Waals surface area (Å²) in [6, 6.07) is 26.2. The van der Waals surface area contributed by atoms with Crippen LogP contribution < -0.4 is 10.6 Å². The third kappa shape index (κ3) is 4.31. The predicted molar refractivity (Wildman–Crippen MR) is 110 cm³/mol. The second kappa shape index (κ2) is 8.34. The molecule has 0 radical (unpaired) electrons. The fourth-order valence-corrected chi connectivity index (χ4v) is 2.99. The number of para-hydroxylation sites is 2. The van der Waals surface area contributed by atoms with Crippen LogP contribution in [0, 0.1) is 0 Å². The minimum Gasteiger partial charge on any atom is -0.376 e. The van der Waals surface area contributed by atoms with Crippen LogP contribution in [-0.2, 0) is 4.79 Å². The lowest BCUT2D eigenvalue weighted by Crippen LogP contribution is -2.22. The molecule has 3 rings (SSSR count). The van der Waals surface area contributed by atoms with Gasteiger partial charge in [-0.15, -0.1) is 0 Å². The van der Waals surface area contributed by atoms with E-state index < -0.39 is 0 Å². The molecule has 3 aromatic carbocycles. The van der Waals surface area contributed by atoms with Gasteiger partial charge >= 0.3 is 0 Å². The molecule has 0 aromatic heterocycles. The van der Waals surface area contributed by atoms with Gasteiger partial charge in [-0.1, -0.05) is 80.6 Å². The second-order valence-electron chi connectivity index (χ2n) is 6.56. The maximum Gasteiger partial charge on any atom is 0.243 e. The molecular weight excluding hydrogens is 320 g/mol. The number of anilines is 2. The van der Waals surface area contributed by atoms with Crippen molar-refractivity contribution in [3.63, 3.8) is 0 Å². The molecule has 0 aliphatic carbocycles. The lowest BCUT2D eigenvalue weighted by atomic mass is 10.0. The van der Waals surface area contributed by atoms with Crippen LogP contribution in [0.3, 0.4) is 0 Å². The molecule has 0 saturated carbocycles. The molecule has 3 heteroatoms. The smallest absolute Gasteiger partial charge is 0.243 e. The maximum atomic E-state index is 12.4. The fourth-order valence-electron chi connectivity index (χ4n) is 2.99. The summed E-state index contributed by atoms with van der Waals surface area (Å²) in [7, 11) is 0. The normalized spacial score (nSPS) is 10.6. The van der Waals surface area contributed by atoms with Crippen molar-refractivity contribution in [2.45, 2.75) is 19.8 Å². The average molecular weight is 344 g/mol. The molecule has 3 aromatic rings. The van der Waals surface area contributed by atoms with Crippen molar-refractivity contribution in [1.82, 2.24) is 0 Å². The van der Waals surface area contributed by atoms with Gasteiger partial charge in [-0.05, 0) is 29.2 Å². The number of rotatable bonds is 6. The number of nitrogens with one attached hydrogen (secondary N) is 2. The first kappa shape index (κ1) is 17.7.